The molecule has 2 aliphatic rings. The highest BCUT2D eigenvalue weighted by molar-refractivity contribution is 7.78. The van der Waals surface area contributed by atoms with Gasteiger partial charge >= 0.3 is 0 Å². The highest BCUT2D eigenvalue weighted by atomic mass is 32.1. The SMILES string of the molecule is C[C@@H]1[C@@H]2Cc3ccc(O)cc3[C@@]1(C)CCN2Cc1ccc(N=C=S)cc1. The fraction of sp³-hybridized carbons (Fsp3) is 0.409. The number of hydrogen-bond acceptors (Lipinski definition) is 4. The number of likely N-dealkylation sites (tertiary alicyclic amines) is 1. The van der Waals surface area contributed by atoms with Crippen molar-refractivity contribution in [3.63, 3.8) is 0 Å². The summed E-state index contributed by atoms with van der Waals surface area (Å²) in [6.45, 7) is 6.79. The van der Waals surface area contributed by atoms with E-state index >= 15 is 0 Å². The number of benzene rings is 2. The maximum atomic E-state index is 9.96. The summed E-state index contributed by atoms with van der Waals surface area (Å²) in [6.07, 6.45) is 2.17. The number of phenolic OH excluding ortho intramolecular Hbond substituents is 1. The van der Waals surface area contributed by atoms with Crippen LogP contribution in [0.25, 0.3) is 0 Å². The van der Waals surface area contributed by atoms with Crippen LogP contribution in [0.15, 0.2) is 47.5 Å². The van der Waals surface area contributed by atoms with Crippen molar-refractivity contribution in [2.24, 2.45) is 10.9 Å². The molecule has 134 valence electrons. The van der Waals surface area contributed by atoms with Crippen molar-refractivity contribution >= 4 is 23.1 Å². The number of piperidine rings is 1. The number of aromatic hydroxyl groups is 1. The lowest BCUT2D eigenvalue weighted by atomic mass is 9.59. The molecule has 0 radical (unpaired) electrons. The molecule has 1 aliphatic heterocycles. The number of isothiocyanates is 1. The molecule has 1 heterocycles. The number of fused-ring (bicyclic) bond motifs is 4. The molecule has 0 amide bonds. The van der Waals surface area contributed by atoms with Crippen LogP contribution in [-0.2, 0) is 18.4 Å². The van der Waals surface area contributed by atoms with Gasteiger partial charge in [0.15, 0.2) is 0 Å². The van der Waals surface area contributed by atoms with Gasteiger partial charge in [-0.05, 0) is 83.9 Å². The molecule has 4 heteroatoms. The van der Waals surface area contributed by atoms with Crippen LogP contribution >= 0.6 is 12.2 Å². The molecule has 0 aromatic heterocycles. The molecule has 3 atom stereocenters. The van der Waals surface area contributed by atoms with Gasteiger partial charge in [-0.25, -0.2) is 0 Å². The minimum atomic E-state index is 0.144. The van der Waals surface area contributed by atoms with Crippen molar-refractivity contribution in [3.8, 4) is 5.75 Å². The third-order valence-corrected chi connectivity index (χ3v) is 6.70. The Morgan fingerprint density at radius 1 is 1.27 bits per heavy atom. The zero-order valence-corrected chi connectivity index (χ0v) is 16.1. The van der Waals surface area contributed by atoms with Crippen molar-refractivity contribution in [1.82, 2.24) is 4.90 Å². The molecule has 2 aromatic carbocycles. The molecule has 2 aromatic rings. The third kappa shape index (κ3) is 2.88. The minimum Gasteiger partial charge on any atom is -0.508 e. The van der Waals surface area contributed by atoms with E-state index in [1.807, 2.05) is 24.3 Å². The molecule has 1 N–H and O–H groups in total. The molecule has 0 saturated carbocycles. The Hall–Kier alpha value is -2.00. The van der Waals surface area contributed by atoms with E-state index in [9.17, 15) is 5.11 Å². The monoisotopic (exact) mass is 364 g/mol. The zero-order valence-electron chi connectivity index (χ0n) is 15.3. The zero-order chi connectivity index (χ0) is 18.3. The average Bonchev–Trinajstić information content (AvgIpc) is 2.63. The van der Waals surface area contributed by atoms with Gasteiger partial charge in [-0.15, -0.1) is 0 Å². The Balaban J connectivity index is 1.60. The van der Waals surface area contributed by atoms with E-state index in [2.05, 4.69) is 59.3 Å². The van der Waals surface area contributed by atoms with E-state index in [1.54, 1.807) is 0 Å². The van der Waals surface area contributed by atoms with Crippen LogP contribution in [0.4, 0.5) is 5.69 Å². The van der Waals surface area contributed by atoms with Gasteiger partial charge in [0, 0.05) is 12.6 Å². The van der Waals surface area contributed by atoms with E-state index < -0.39 is 0 Å². The van der Waals surface area contributed by atoms with Gasteiger partial charge in [-0.3, -0.25) is 4.90 Å². The summed E-state index contributed by atoms with van der Waals surface area (Å²) in [7, 11) is 0. The summed E-state index contributed by atoms with van der Waals surface area (Å²) < 4.78 is 0. The van der Waals surface area contributed by atoms with Crippen molar-refractivity contribution < 1.29 is 5.11 Å². The Morgan fingerprint density at radius 3 is 2.77 bits per heavy atom. The Bertz CT molecular complexity index is 872. The van der Waals surface area contributed by atoms with Crippen molar-refractivity contribution in [1.29, 1.82) is 0 Å². The number of phenols is 1. The molecule has 4 rings (SSSR count). The third-order valence-electron chi connectivity index (χ3n) is 6.60. The van der Waals surface area contributed by atoms with E-state index in [1.165, 1.54) is 16.7 Å². The second kappa shape index (κ2) is 6.62. The van der Waals surface area contributed by atoms with Crippen LogP contribution in [-0.4, -0.2) is 27.8 Å². The number of hydrogen-bond donors (Lipinski definition) is 1. The Labute approximate surface area is 160 Å². The van der Waals surface area contributed by atoms with Gasteiger partial charge in [0.25, 0.3) is 0 Å². The number of thiocarbonyl (C=S) groups is 1. The molecular formula is C22H24N2OS. The lowest BCUT2D eigenvalue weighted by Gasteiger charge is -2.54. The summed E-state index contributed by atoms with van der Waals surface area (Å²) >= 11 is 4.67. The van der Waals surface area contributed by atoms with Crippen molar-refractivity contribution in [2.75, 3.05) is 6.54 Å². The van der Waals surface area contributed by atoms with Gasteiger partial charge in [-0.2, -0.15) is 4.99 Å². The average molecular weight is 365 g/mol. The predicted octanol–water partition coefficient (Wildman–Crippen LogP) is 4.85. The van der Waals surface area contributed by atoms with E-state index in [0.29, 0.717) is 17.7 Å². The number of nitrogens with zero attached hydrogens (tertiary/aromatic N) is 2. The maximum Gasteiger partial charge on any atom is 0.115 e. The van der Waals surface area contributed by atoms with E-state index in [-0.39, 0.29) is 5.41 Å². The first-order valence-electron chi connectivity index (χ1n) is 9.24. The first-order valence-corrected chi connectivity index (χ1v) is 9.65. The molecule has 3 nitrogen and oxygen atoms in total. The summed E-state index contributed by atoms with van der Waals surface area (Å²) in [4.78, 5) is 6.65. The Morgan fingerprint density at radius 2 is 2.04 bits per heavy atom. The number of rotatable bonds is 3. The van der Waals surface area contributed by atoms with Crippen LogP contribution in [0.1, 0.15) is 37.0 Å². The van der Waals surface area contributed by atoms with Crippen molar-refractivity contribution in [2.45, 2.75) is 44.7 Å². The van der Waals surface area contributed by atoms with Gasteiger partial charge in [0.1, 0.15) is 5.75 Å². The lowest BCUT2D eigenvalue weighted by molar-refractivity contribution is 0.0258. The van der Waals surface area contributed by atoms with Crippen LogP contribution < -0.4 is 0 Å². The topological polar surface area (TPSA) is 35.8 Å². The summed E-state index contributed by atoms with van der Waals surface area (Å²) in [5.41, 5.74) is 5.05. The maximum absolute atomic E-state index is 9.96. The second-order valence-electron chi connectivity index (χ2n) is 7.91. The first-order chi connectivity index (χ1) is 12.5. The van der Waals surface area contributed by atoms with E-state index in [4.69, 9.17) is 0 Å². The molecule has 0 unspecified atom stereocenters. The summed E-state index contributed by atoms with van der Waals surface area (Å²) in [5.74, 6) is 0.946. The fourth-order valence-corrected chi connectivity index (χ4v) is 4.96. The quantitative estimate of drug-likeness (QED) is 0.625. The second-order valence-corrected chi connectivity index (χ2v) is 8.09. The van der Waals surface area contributed by atoms with Gasteiger partial charge in [-0.1, -0.05) is 32.0 Å². The van der Waals surface area contributed by atoms with Gasteiger partial charge in [0.2, 0.25) is 0 Å². The highest BCUT2D eigenvalue weighted by Crippen LogP contribution is 2.49. The van der Waals surface area contributed by atoms with Gasteiger partial charge < -0.3 is 5.11 Å². The number of aliphatic imine (C=N–C) groups is 1. The molecule has 26 heavy (non-hydrogen) atoms. The van der Waals surface area contributed by atoms with Crippen LogP contribution in [0.3, 0.4) is 0 Å². The minimum absolute atomic E-state index is 0.144. The summed E-state index contributed by atoms with van der Waals surface area (Å²) in [6, 6.07) is 14.8. The van der Waals surface area contributed by atoms with Crippen LogP contribution in [0.5, 0.6) is 5.75 Å². The van der Waals surface area contributed by atoms with Gasteiger partial charge in [0.05, 0.1) is 10.8 Å². The van der Waals surface area contributed by atoms with Crippen molar-refractivity contribution in [3.05, 3.63) is 59.2 Å². The largest absolute Gasteiger partial charge is 0.508 e. The molecule has 2 bridgehead atoms. The normalized spacial score (nSPS) is 27.5. The molecule has 1 saturated heterocycles. The van der Waals surface area contributed by atoms with E-state index in [0.717, 1.165) is 31.6 Å². The standard InChI is InChI=1S/C22H24N2OS/c1-15-21-11-17-5-8-19(25)12-20(17)22(15,2)9-10-24(21)13-16-3-6-18(7-4-16)23-14-26/h3-8,12,15,21,25H,9-11,13H2,1-2H3/t15-,21+,22+/m1/s1. The molecule has 0 spiro atoms. The smallest absolute Gasteiger partial charge is 0.115 e. The molecule has 1 fully saturated rings. The molecule has 1 aliphatic carbocycles. The fourth-order valence-electron chi connectivity index (χ4n) is 4.85. The van der Waals surface area contributed by atoms with Crippen LogP contribution in [0, 0.1) is 5.92 Å². The lowest BCUT2D eigenvalue weighted by Crippen LogP contribution is -2.57. The molecular weight excluding hydrogens is 340 g/mol. The Kier molecular flexibility index (Phi) is 4.44. The van der Waals surface area contributed by atoms with Crippen LogP contribution in [0.2, 0.25) is 0 Å². The summed E-state index contributed by atoms with van der Waals surface area (Å²) in [5, 5.41) is 12.4. The first kappa shape index (κ1) is 17.4. The predicted molar refractivity (Wildman–Crippen MR) is 108 cm³/mol. The highest BCUT2D eigenvalue weighted by Gasteiger charge is 2.48.